The largest absolute Gasteiger partial charge is 0.349 e. The third-order valence-electron chi connectivity index (χ3n) is 3.74. The minimum absolute atomic E-state index is 0.263. The molecule has 1 aliphatic rings. The summed E-state index contributed by atoms with van der Waals surface area (Å²) in [5.41, 5.74) is 1.52. The standard InChI is InChI=1S/C12H16ClN5/c1-3-8-5-4-7(2)18(8)11-9-10(15-6-14-9)16-12(13)17-11/h6-8H,3-5H2,1-2H3,(H,14,15,16,17). The maximum Gasteiger partial charge on any atom is 0.226 e. The summed E-state index contributed by atoms with van der Waals surface area (Å²) in [7, 11) is 0. The second kappa shape index (κ2) is 4.39. The van der Waals surface area contributed by atoms with Gasteiger partial charge >= 0.3 is 0 Å². The molecule has 1 fully saturated rings. The Balaban J connectivity index is 2.15. The van der Waals surface area contributed by atoms with E-state index in [1.165, 1.54) is 12.8 Å². The first kappa shape index (κ1) is 11.7. The van der Waals surface area contributed by atoms with E-state index >= 15 is 0 Å². The minimum atomic E-state index is 0.263. The quantitative estimate of drug-likeness (QED) is 0.849. The molecule has 1 aliphatic heterocycles. The summed E-state index contributed by atoms with van der Waals surface area (Å²) in [6, 6.07) is 1.00. The van der Waals surface area contributed by atoms with Crippen molar-refractivity contribution in [2.75, 3.05) is 4.90 Å². The monoisotopic (exact) mass is 265 g/mol. The van der Waals surface area contributed by atoms with E-state index in [9.17, 15) is 0 Å². The van der Waals surface area contributed by atoms with Crippen molar-refractivity contribution in [1.82, 2.24) is 19.9 Å². The van der Waals surface area contributed by atoms with Crippen LogP contribution in [0.3, 0.4) is 0 Å². The number of halogens is 1. The van der Waals surface area contributed by atoms with E-state index in [1.807, 2.05) is 0 Å². The van der Waals surface area contributed by atoms with Gasteiger partial charge in [0.15, 0.2) is 11.5 Å². The Kier molecular flexibility index (Phi) is 2.86. The maximum absolute atomic E-state index is 6.00. The molecular formula is C12H16ClN5. The minimum Gasteiger partial charge on any atom is -0.349 e. The summed E-state index contributed by atoms with van der Waals surface area (Å²) in [6.45, 7) is 4.44. The van der Waals surface area contributed by atoms with E-state index in [1.54, 1.807) is 6.33 Å². The van der Waals surface area contributed by atoms with Gasteiger partial charge in [-0.3, -0.25) is 0 Å². The van der Waals surface area contributed by atoms with Gasteiger partial charge in [0.25, 0.3) is 0 Å². The molecule has 2 unspecified atom stereocenters. The summed E-state index contributed by atoms with van der Waals surface area (Å²) >= 11 is 6.00. The Morgan fingerprint density at radius 3 is 3.06 bits per heavy atom. The lowest BCUT2D eigenvalue weighted by Crippen LogP contribution is -2.35. The van der Waals surface area contributed by atoms with Crippen molar-refractivity contribution in [3.63, 3.8) is 0 Å². The number of fused-ring (bicyclic) bond motifs is 1. The molecule has 0 aromatic carbocycles. The van der Waals surface area contributed by atoms with Gasteiger partial charge < -0.3 is 9.88 Å². The molecule has 0 spiro atoms. The Morgan fingerprint density at radius 2 is 2.28 bits per heavy atom. The zero-order valence-electron chi connectivity index (χ0n) is 10.5. The molecule has 5 nitrogen and oxygen atoms in total. The predicted molar refractivity (Wildman–Crippen MR) is 71.9 cm³/mol. The van der Waals surface area contributed by atoms with Crippen molar-refractivity contribution in [3.8, 4) is 0 Å². The van der Waals surface area contributed by atoms with E-state index < -0.39 is 0 Å². The Morgan fingerprint density at radius 1 is 1.44 bits per heavy atom. The van der Waals surface area contributed by atoms with Crippen LogP contribution in [-0.4, -0.2) is 32.0 Å². The van der Waals surface area contributed by atoms with Crippen LogP contribution in [-0.2, 0) is 0 Å². The molecule has 96 valence electrons. The van der Waals surface area contributed by atoms with Crippen LogP contribution < -0.4 is 4.90 Å². The molecule has 3 rings (SSSR count). The fourth-order valence-electron chi connectivity index (χ4n) is 2.83. The molecule has 2 aromatic heterocycles. The fourth-order valence-corrected chi connectivity index (χ4v) is 2.99. The van der Waals surface area contributed by atoms with E-state index in [4.69, 9.17) is 11.6 Å². The van der Waals surface area contributed by atoms with Crippen molar-refractivity contribution in [3.05, 3.63) is 11.6 Å². The highest BCUT2D eigenvalue weighted by atomic mass is 35.5. The molecular weight excluding hydrogens is 250 g/mol. The molecule has 0 amide bonds. The topological polar surface area (TPSA) is 57.7 Å². The average molecular weight is 266 g/mol. The molecule has 0 saturated carbocycles. The van der Waals surface area contributed by atoms with Crippen LogP contribution in [0.25, 0.3) is 11.2 Å². The molecule has 0 radical (unpaired) electrons. The highest BCUT2D eigenvalue weighted by Gasteiger charge is 2.32. The molecule has 0 aliphatic carbocycles. The highest BCUT2D eigenvalue weighted by Crippen LogP contribution is 2.34. The van der Waals surface area contributed by atoms with Crippen LogP contribution in [0, 0.1) is 0 Å². The van der Waals surface area contributed by atoms with Gasteiger partial charge in [-0.25, -0.2) is 4.98 Å². The number of hydrogen-bond donors (Lipinski definition) is 1. The van der Waals surface area contributed by atoms with Crippen molar-refractivity contribution in [2.45, 2.75) is 45.2 Å². The maximum atomic E-state index is 6.00. The van der Waals surface area contributed by atoms with Crippen LogP contribution in [0.5, 0.6) is 0 Å². The summed E-state index contributed by atoms with van der Waals surface area (Å²) in [6.07, 6.45) is 5.15. The molecule has 3 heterocycles. The Bertz CT molecular complexity index is 567. The van der Waals surface area contributed by atoms with Crippen molar-refractivity contribution in [1.29, 1.82) is 0 Å². The Hall–Kier alpha value is -1.36. The zero-order chi connectivity index (χ0) is 12.7. The van der Waals surface area contributed by atoms with Gasteiger partial charge in [0.05, 0.1) is 6.33 Å². The summed E-state index contributed by atoms with van der Waals surface area (Å²) in [5, 5.41) is 0.263. The smallest absolute Gasteiger partial charge is 0.226 e. The lowest BCUT2D eigenvalue weighted by Gasteiger charge is -2.29. The first-order chi connectivity index (χ1) is 8.70. The van der Waals surface area contributed by atoms with E-state index in [-0.39, 0.29) is 5.28 Å². The van der Waals surface area contributed by atoms with Crippen LogP contribution in [0.2, 0.25) is 5.28 Å². The van der Waals surface area contributed by atoms with Gasteiger partial charge in [-0.1, -0.05) is 6.92 Å². The third-order valence-corrected chi connectivity index (χ3v) is 3.91. The predicted octanol–water partition coefficient (Wildman–Crippen LogP) is 2.77. The van der Waals surface area contributed by atoms with Gasteiger partial charge in [-0.15, -0.1) is 0 Å². The van der Waals surface area contributed by atoms with E-state index in [0.717, 1.165) is 17.8 Å². The van der Waals surface area contributed by atoms with E-state index in [0.29, 0.717) is 17.7 Å². The number of nitrogens with zero attached hydrogens (tertiary/aromatic N) is 4. The van der Waals surface area contributed by atoms with Crippen molar-refractivity contribution < 1.29 is 0 Å². The number of anilines is 1. The van der Waals surface area contributed by atoms with Crippen LogP contribution in [0.1, 0.15) is 33.1 Å². The van der Waals surface area contributed by atoms with Gasteiger partial charge in [-0.2, -0.15) is 9.97 Å². The van der Waals surface area contributed by atoms with Gasteiger partial charge in [0, 0.05) is 12.1 Å². The number of rotatable bonds is 2. The number of nitrogens with one attached hydrogen (secondary N) is 1. The first-order valence-electron chi connectivity index (χ1n) is 6.35. The molecule has 18 heavy (non-hydrogen) atoms. The second-order valence-electron chi connectivity index (χ2n) is 4.81. The second-order valence-corrected chi connectivity index (χ2v) is 5.15. The Labute approximate surface area is 111 Å². The fraction of sp³-hybridized carbons (Fsp3) is 0.583. The summed E-state index contributed by atoms with van der Waals surface area (Å²) < 4.78 is 0. The molecule has 0 bridgehead atoms. The number of aromatic amines is 1. The lowest BCUT2D eigenvalue weighted by molar-refractivity contribution is 0.622. The zero-order valence-corrected chi connectivity index (χ0v) is 11.3. The van der Waals surface area contributed by atoms with Crippen LogP contribution in [0.4, 0.5) is 5.82 Å². The molecule has 1 saturated heterocycles. The number of hydrogen-bond acceptors (Lipinski definition) is 4. The number of H-pyrrole nitrogens is 1. The lowest BCUT2D eigenvalue weighted by atomic mass is 10.1. The number of aromatic nitrogens is 4. The number of imidazole rings is 1. The van der Waals surface area contributed by atoms with Crippen molar-refractivity contribution in [2.24, 2.45) is 0 Å². The molecule has 6 heteroatoms. The summed E-state index contributed by atoms with van der Waals surface area (Å²) in [5.74, 6) is 0.888. The van der Waals surface area contributed by atoms with Crippen LogP contribution in [0.15, 0.2) is 6.33 Å². The summed E-state index contributed by atoms with van der Waals surface area (Å²) in [4.78, 5) is 18.2. The highest BCUT2D eigenvalue weighted by molar-refractivity contribution is 6.28. The van der Waals surface area contributed by atoms with Gasteiger partial charge in [-0.05, 0) is 37.8 Å². The van der Waals surface area contributed by atoms with Crippen molar-refractivity contribution >= 4 is 28.6 Å². The van der Waals surface area contributed by atoms with Crippen LogP contribution >= 0.6 is 11.6 Å². The van der Waals surface area contributed by atoms with Gasteiger partial charge in [0.2, 0.25) is 5.28 Å². The molecule has 1 N–H and O–H groups in total. The van der Waals surface area contributed by atoms with Gasteiger partial charge in [0.1, 0.15) is 5.52 Å². The SMILES string of the molecule is CCC1CCC(C)N1c1nc(Cl)nc2nc[nH]c12. The average Bonchev–Trinajstić information content (AvgIpc) is 2.94. The first-order valence-corrected chi connectivity index (χ1v) is 6.73. The molecule has 2 aromatic rings. The van der Waals surface area contributed by atoms with E-state index in [2.05, 4.69) is 38.7 Å². The normalized spacial score (nSPS) is 24.1. The third kappa shape index (κ3) is 1.73. The molecule has 2 atom stereocenters.